The summed E-state index contributed by atoms with van der Waals surface area (Å²) in [4.78, 5) is 0. The zero-order valence-corrected chi connectivity index (χ0v) is 10.5. The number of hydrogen-bond donors (Lipinski definition) is 0. The zero-order chi connectivity index (χ0) is 13.0. The van der Waals surface area contributed by atoms with Crippen molar-refractivity contribution in [3.05, 3.63) is 35.4 Å². The summed E-state index contributed by atoms with van der Waals surface area (Å²) in [5.74, 6) is -1.31. The lowest BCUT2D eigenvalue weighted by Gasteiger charge is -2.29. The molecule has 0 amide bonds. The van der Waals surface area contributed by atoms with Crippen LogP contribution < -0.4 is 0 Å². The third kappa shape index (κ3) is 3.27. The largest absolute Gasteiger partial charge is 0.348 e. The van der Waals surface area contributed by atoms with Crippen molar-refractivity contribution in [2.45, 2.75) is 32.5 Å². The lowest BCUT2D eigenvalue weighted by molar-refractivity contribution is -0.206. The number of benzene rings is 1. The van der Waals surface area contributed by atoms with Crippen LogP contribution in [0.1, 0.15) is 38.0 Å². The predicted molar refractivity (Wildman–Crippen MR) is 64.0 cm³/mol. The monoisotopic (exact) mass is 256 g/mol. The maximum absolute atomic E-state index is 13.1. The van der Waals surface area contributed by atoms with E-state index in [1.54, 1.807) is 0 Å². The average Bonchev–Trinajstić information content (AvgIpc) is 2.40. The van der Waals surface area contributed by atoms with Gasteiger partial charge < -0.3 is 9.47 Å². The third-order valence-electron chi connectivity index (χ3n) is 3.15. The van der Waals surface area contributed by atoms with Crippen molar-refractivity contribution in [2.24, 2.45) is 5.92 Å². The van der Waals surface area contributed by atoms with E-state index in [-0.39, 0.29) is 0 Å². The van der Waals surface area contributed by atoms with Gasteiger partial charge in [-0.15, -0.1) is 0 Å². The van der Waals surface area contributed by atoms with Gasteiger partial charge in [-0.1, -0.05) is 25.8 Å². The third-order valence-corrected chi connectivity index (χ3v) is 3.15. The van der Waals surface area contributed by atoms with Gasteiger partial charge in [0.15, 0.2) is 17.9 Å². The highest BCUT2D eigenvalue weighted by molar-refractivity contribution is 5.19. The summed E-state index contributed by atoms with van der Waals surface area (Å²) in [6.45, 7) is 3.38. The molecule has 0 aromatic heterocycles. The molecule has 0 saturated carbocycles. The van der Waals surface area contributed by atoms with E-state index in [2.05, 4.69) is 6.92 Å². The van der Waals surface area contributed by atoms with Gasteiger partial charge in [0, 0.05) is 11.5 Å². The van der Waals surface area contributed by atoms with Crippen molar-refractivity contribution in [1.82, 2.24) is 0 Å². The highest BCUT2D eigenvalue weighted by atomic mass is 19.2. The molecule has 1 aliphatic rings. The maximum atomic E-state index is 13.1. The van der Waals surface area contributed by atoms with Crippen LogP contribution in [0.25, 0.3) is 0 Å². The van der Waals surface area contributed by atoms with Gasteiger partial charge in [-0.25, -0.2) is 8.78 Å². The molecule has 0 unspecified atom stereocenters. The lowest BCUT2D eigenvalue weighted by atomic mass is 10.0. The van der Waals surface area contributed by atoms with Crippen molar-refractivity contribution >= 4 is 0 Å². The fourth-order valence-electron chi connectivity index (χ4n) is 2.05. The molecule has 0 N–H and O–H groups in total. The van der Waals surface area contributed by atoms with Gasteiger partial charge in [0.05, 0.1) is 13.2 Å². The molecule has 100 valence electrons. The van der Waals surface area contributed by atoms with E-state index in [9.17, 15) is 8.78 Å². The van der Waals surface area contributed by atoms with Gasteiger partial charge in [0.1, 0.15) is 0 Å². The Morgan fingerprint density at radius 3 is 2.50 bits per heavy atom. The van der Waals surface area contributed by atoms with Gasteiger partial charge in [-0.05, 0) is 18.6 Å². The molecule has 1 fully saturated rings. The van der Waals surface area contributed by atoms with Crippen LogP contribution in [0.2, 0.25) is 0 Å². The second-order valence-electron chi connectivity index (χ2n) is 4.68. The first-order valence-corrected chi connectivity index (χ1v) is 6.39. The molecule has 0 aliphatic carbocycles. The SMILES string of the molecule is CCCCC1COC(c2ccc(F)c(F)c2)OC1. The Labute approximate surface area is 106 Å². The molecule has 0 spiro atoms. The summed E-state index contributed by atoms with van der Waals surface area (Å²) >= 11 is 0. The van der Waals surface area contributed by atoms with Gasteiger partial charge in [0.2, 0.25) is 0 Å². The van der Waals surface area contributed by atoms with E-state index >= 15 is 0 Å². The first-order valence-electron chi connectivity index (χ1n) is 6.39. The number of halogens is 2. The van der Waals surface area contributed by atoms with E-state index in [1.165, 1.54) is 6.07 Å². The van der Waals surface area contributed by atoms with Crippen LogP contribution in [0.3, 0.4) is 0 Å². The summed E-state index contributed by atoms with van der Waals surface area (Å²) < 4.78 is 37.0. The van der Waals surface area contributed by atoms with E-state index in [1.807, 2.05) is 0 Å². The van der Waals surface area contributed by atoms with Gasteiger partial charge >= 0.3 is 0 Å². The summed E-state index contributed by atoms with van der Waals surface area (Å²) in [7, 11) is 0. The molecular weight excluding hydrogens is 238 g/mol. The van der Waals surface area contributed by atoms with E-state index in [0.29, 0.717) is 24.7 Å². The van der Waals surface area contributed by atoms with Crippen molar-refractivity contribution in [2.75, 3.05) is 13.2 Å². The molecule has 0 atom stereocenters. The number of rotatable bonds is 4. The Morgan fingerprint density at radius 2 is 1.89 bits per heavy atom. The van der Waals surface area contributed by atoms with E-state index in [0.717, 1.165) is 31.4 Å². The van der Waals surface area contributed by atoms with Gasteiger partial charge in [0.25, 0.3) is 0 Å². The summed E-state index contributed by atoms with van der Waals surface area (Å²) in [6, 6.07) is 3.72. The summed E-state index contributed by atoms with van der Waals surface area (Å²) in [6.07, 6.45) is 2.83. The zero-order valence-electron chi connectivity index (χ0n) is 10.5. The summed E-state index contributed by atoms with van der Waals surface area (Å²) in [5.41, 5.74) is 0.530. The minimum Gasteiger partial charge on any atom is -0.348 e. The molecule has 1 aliphatic heterocycles. The van der Waals surface area contributed by atoms with Crippen LogP contribution >= 0.6 is 0 Å². The normalized spacial score (nSPS) is 24.2. The standard InChI is InChI=1S/C14H18F2O2/c1-2-3-4-10-8-17-14(18-9-10)11-5-6-12(15)13(16)7-11/h5-7,10,14H,2-4,8-9H2,1H3. The van der Waals surface area contributed by atoms with E-state index < -0.39 is 17.9 Å². The molecule has 2 nitrogen and oxygen atoms in total. The molecular formula is C14H18F2O2. The molecule has 18 heavy (non-hydrogen) atoms. The maximum Gasteiger partial charge on any atom is 0.183 e. The van der Waals surface area contributed by atoms with Crippen molar-refractivity contribution in [3.8, 4) is 0 Å². The predicted octanol–water partition coefficient (Wildman–Crippen LogP) is 3.82. The van der Waals surface area contributed by atoms with Crippen LogP contribution in [-0.4, -0.2) is 13.2 Å². The molecule has 1 heterocycles. The molecule has 0 bridgehead atoms. The summed E-state index contributed by atoms with van der Waals surface area (Å²) in [5, 5.41) is 0. The Bertz CT molecular complexity index is 387. The molecule has 1 saturated heterocycles. The van der Waals surface area contributed by atoms with E-state index in [4.69, 9.17) is 9.47 Å². The second kappa shape index (κ2) is 6.25. The van der Waals surface area contributed by atoms with Crippen molar-refractivity contribution in [3.63, 3.8) is 0 Å². The Kier molecular flexibility index (Phi) is 4.66. The topological polar surface area (TPSA) is 18.5 Å². The Hall–Kier alpha value is -1.00. The van der Waals surface area contributed by atoms with Crippen LogP contribution in [0.5, 0.6) is 0 Å². The Morgan fingerprint density at radius 1 is 1.17 bits per heavy atom. The van der Waals surface area contributed by atoms with Crippen LogP contribution in [0.4, 0.5) is 8.78 Å². The highest BCUT2D eigenvalue weighted by Gasteiger charge is 2.23. The van der Waals surface area contributed by atoms with Crippen LogP contribution in [0.15, 0.2) is 18.2 Å². The first-order chi connectivity index (χ1) is 8.70. The quantitative estimate of drug-likeness (QED) is 0.815. The minimum absolute atomic E-state index is 0.409. The molecule has 1 aromatic carbocycles. The number of hydrogen-bond acceptors (Lipinski definition) is 2. The molecule has 1 aromatic rings. The fraction of sp³-hybridized carbons (Fsp3) is 0.571. The average molecular weight is 256 g/mol. The first kappa shape index (κ1) is 13.4. The number of unbranched alkanes of at least 4 members (excludes halogenated alkanes) is 1. The van der Waals surface area contributed by atoms with Crippen molar-refractivity contribution in [1.29, 1.82) is 0 Å². The van der Waals surface area contributed by atoms with Crippen LogP contribution in [0, 0.1) is 17.6 Å². The van der Waals surface area contributed by atoms with Gasteiger partial charge in [-0.3, -0.25) is 0 Å². The smallest absolute Gasteiger partial charge is 0.183 e. The lowest BCUT2D eigenvalue weighted by Crippen LogP contribution is -2.27. The second-order valence-corrected chi connectivity index (χ2v) is 4.68. The van der Waals surface area contributed by atoms with Crippen molar-refractivity contribution < 1.29 is 18.3 Å². The highest BCUT2D eigenvalue weighted by Crippen LogP contribution is 2.27. The number of ether oxygens (including phenoxy) is 2. The fourth-order valence-corrected chi connectivity index (χ4v) is 2.05. The van der Waals surface area contributed by atoms with Gasteiger partial charge in [-0.2, -0.15) is 0 Å². The molecule has 2 rings (SSSR count). The minimum atomic E-state index is -0.868. The van der Waals surface area contributed by atoms with Crippen LogP contribution in [-0.2, 0) is 9.47 Å². The molecule has 0 radical (unpaired) electrons. The molecule has 4 heteroatoms. The Balaban J connectivity index is 1.90.